The van der Waals surface area contributed by atoms with Crippen molar-refractivity contribution in [2.45, 2.75) is 24.1 Å². The molecule has 0 atom stereocenters. The summed E-state index contributed by atoms with van der Waals surface area (Å²) in [6, 6.07) is 12.1. The van der Waals surface area contributed by atoms with Gasteiger partial charge in [0.25, 0.3) is 10.1 Å². The number of benzene rings is 2. The third kappa shape index (κ3) is 6.32. The molecule has 2 aromatic rings. The molecule has 26 heavy (non-hydrogen) atoms. The van der Waals surface area contributed by atoms with E-state index in [4.69, 9.17) is 4.55 Å². The molecular weight excluding hydrogens is 371 g/mol. The van der Waals surface area contributed by atoms with Crippen molar-refractivity contribution in [3.05, 3.63) is 59.7 Å². The van der Waals surface area contributed by atoms with Gasteiger partial charge in [0.2, 0.25) is 0 Å². The van der Waals surface area contributed by atoms with E-state index in [1.807, 2.05) is 13.0 Å². The van der Waals surface area contributed by atoms with Crippen molar-refractivity contribution in [2.24, 2.45) is 0 Å². The van der Waals surface area contributed by atoms with E-state index in [2.05, 4.69) is 10.1 Å². The molecule has 1 aliphatic rings. The van der Waals surface area contributed by atoms with Crippen LogP contribution in [0.5, 0.6) is 5.75 Å². The first-order valence-corrected chi connectivity index (χ1v) is 9.09. The molecule has 0 spiro atoms. The van der Waals surface area contributed by atoms with Crippen LogP contribution in [-0.4, -0.2) is 32.4 Å². The highest BCUT2D eigenvalue weighted by atomic mass is 32.2. The van der Waals surface area contributed by atoms with E-state index in [-0.39, 0.29) is 10.6 Å². The largest absolute Gasteiger partial charge is 0.573 e. The molecule has 2 N–H and O–H groups in total. The monoisotopic (exact) mass is 389 g/mol. The summed E-state index contributed by atoms with van der Waals surface area (Å²) < 4.78 is 69.2. The van der Waals surface area contributed by atoms with Gasteiger partial charge in [-0.05, 0) is 36.8 Å². The van der Waals surface area contributed by atoms with Crippen LogP contribution in [0.1, 0.15) is 17.0 Å². The first kappa shape index (κ1) is 20.2. The second kappa shape index (κ2) is 8.07. The van der Waals surface area contributed by atoms with Gasteiger partial charge in [0.15, 0.2) is 0 Å². The Bertz CT molecular complexity index is 832. The Morgan fingerprint density at radius 2 is 1.73 bits per heavy atom. The second-order valence-corrected chi connectivity index (χ2v) is 7.19. The Morgan fingerprint density at radius 1 is 1.12 bits per heavy atom. The summed E-state index contributed by atoms with van der Waals surface area (Å²) in [6.45, 7) is 3.47. The minimum atomic E-state index is -4.61. The quantitative estimate of drug-likeness (QED) is 0.786. The minimum absolute atomic E-state index is 0.0666. The maximum absolute atomic E-state index is 11.9. The highest BCUT2D eigenvalue weighted by Crippen LogP contribution is 2.27. The van der Waals surface area contributed by atoms with Gasteiger partial charge in [-0.3, -0.25) is 4.55 Å². The van der Waals surface area contributed by atoms with Crippen LogP contribution >= 0.6 is 0 Å². The fourth-order valence-corrected chi connectivity index (χ4v) is 2.68. The number of hydrogen-bond donors (Lipinski definition) is 2. The van der Waals surface area contributed by atoms with Crippen LogP contribution in [-0.2, 0) is 10.1 Å². The summed E-state index contributed by atoms with van der Waals surface area (Å²) in [4.78, 5) is -0.0666. The number of nitrogens with one attached hydrogen (secondary N) is 1. The van der Waals surface area contributed by atoms with Crippen molar-refractivity contribution in [3.8, 4) is 5.75 Å². The van der Waals surface area contributed by atoms with Gasteiger partial charge in [-0.1, -0.05) is 29.8 Å². The topological polar surface area (TPSA) is 75.6 Å². The van der Waals surface area contributed by atoms with Gasteiger partial charge in [0.05, 0.1) is 4.90 Å². The SMILES string of the molecule is Cc1ccc(S(=O)(=O)O)cc1.FC(F)(F)Oc1cccc(C2CNC2)c1. The predicted molar refractivity (Wildman–Crippen MR) is 89.7 cm³/mol. The van der Waals surface area contributed by atoms with Crippen molar-refractivity contribution in [3.63, 3.8) is 0 Å². The molecule has 142 valence electrons. The zero-order chi connectivity index (χ0) is 19.4. The third-order valence-electron chi connectivity index (χ3n) is 3.66. The molecule has 0 bridgehead atoms. The van der Waals surface area contributed by atoms with Gasteiger partial charge in [0.1, 0.15) is 5.75 Å². The summed E-state index contributed by atoms with van der Waals surface area (Å²) in [5, 5.41) is 3.06. The number of halogens is 3. The molecule has 0 amide bonds. The lowest BCUT2D eigenvalue weighted by Gasteiger charge is -2.27. The maximum atomic E-state index is 11.9. The Kier molecular flexibility index (Phi) is 6.27. The van der Waals surface area contributed by atoms with E-state index in [0.29, 0.717) is 5.92 Å². The van der Waals surface area contributed by atoms with E-state index < -0.39 is 16.5 Å². The molecule has 0 aliphatic carbocycles. The van der Waals surface area contributed by atoms with Crippen LogP contribution in [0.2, 0.25) is 0 Å². The van der Waals surface area contributed by atoms with Crippen molar-refractivity contribution < 1.29 is 30.9 Å². The number of alkyl halides is 3. The summed E-state index contributed by atoms with van der Waals surface area (Å²) in [7, 11) is -4.02. The van der Waals surface area contributed by atoms with Crippen molar-refractivity contribution in [1.29, 1.82) is 0 Å². The smallest absolute Gasteiger partial charge is 0.406 e. The molecule has 0 aromatic heterocycles. The first-order valence-electron chi connectivity index (χ1n) is 7.65. The van der Waals surface area contributed by atoms with Gasteiger partial charge in [-0.15, -0.1) is 13.2 Å². The minimum Gasteiger partial charge on any atom is -0.406 e. The zero-order valence-electron chi connectivity index (χ0n) is 13.8. The van der Waals surface area contributed by atoms with Gasteiger partial charge in [-0.25, -0.2) is 0 Å². The fourth-order valence-electron chi connectivity index (χ4n) is 2.20. The predicted octanol–water partition coefficient (Wildman–Crippen LogP) is 3.51. The zero-order valence-corrected chi connectivity index (χ0v) is 14.6. The number of hydrogen-bond acceptors (Lipinski definition) is 4. The van der Waals surface area contributed by atoms with Crippen LogP contribution < -0.4 is 10.1 Å². The van der Waals surface area contributed by atoms with Crippen LogP contribution in [0.3, 0.4) is 0 Å². The lowest BCUT2D eigenvalue weighted by molar-refractivity contribution is -0.274. The lowest BCUT2D eigenvalue weighted by Crippen LogP contribution is -2.39. The number of rotatable bonds is 3. The number of aryl methyl sites for hydroxylation is 1. The molecule has 1 heterocycles. The lowest BCUT2D eigenvalue weighted by atomic mass is 9.94. The van der Waals surface area contributed by atoms with Crippen LogP contribution in [0.15, 0.2) is 53.4 Å². The third-order valence-corrected chi connectivity index (χ3v) is 4.53. The molecule has 0 saturated carbocycles. The Balaban J connectivity index is 0.000000197. The highest BCUT2D eigenvalue weighted by Gasteiger charge is 2.31. The molecule has 9 heteroatoms. The van der Waals surface area contributed by atoms with Crippen LogP contribution in [0.4, 0.5) is 13.2 Å². The standard InChI is InChI=1S/C10H10F3NO.C7H8O3S/c11-10(12,13)15-9-3-1-2-7(4-9)8-5-14-6-8;1-6-2-4-7(5-3-6)11(8,9)10/h1-4,8,14H,5-6H2;2-5H,1H3,(H,8,9,10). The van der Waals surface area contributed by atoms with Crippen molar-refractivity contribution >= 4 is 10.1 Å². The molecule has 0 radical (unpaired) electrons. The summed E-state index contributed by atoms with van der Waals surface area (Å²) in [6.07, 6.45) is -4.61. The molecule has 3 rings (SSSR count). The van der Waals surface area contributed by atoms with E-state index in [1.54, 1.807) is 18.2 Å². The van der Waals surface area contributed by atoms with Gasteiger partial charge >= 0.3 is 6.36 Å². The van der Waals surface area contributed by atoms with Crippen molar-refractivity contribution in [2.75, 3.05) is 13.1 Å². The second-order valence-electron chi connectivity index (χ2n) is 5.76. The fraction of sp³-hybridized carbons (Fsp3) is 0.294. The molecular formula is C17H18F3NO4S. The maximum Gasteiger partial charge on any atom is 0.573 e. The molecule has 0 unspecified atom stereocenters. The van der Waals surface area contributed by atoms with Crippen LogP contribution in [0, 0.1) is 6.92 Å². The van der Waals surface area contributed by atoms with Crippen LogP contribution in [0.25, 0.3) is 0 Å². The Morgan fingerprint density at radius 3 is 2.19 bits per heavy atom. The Hall–Kier alpha value is -2.10. The summed E-state index contributed by atoms with van der Waals surface area (Å²) in [5.74, 6) is 0.161. The molecule has 1 aliphatic heterocycles. The first-order chi connectivity index (χ1) is 12.0. The van der Waals surface area contributed by atoms with Gasteiger partial charge in [0, 0.05) is 19.0 Å². The van der Waals surface area contributed by atoms with E-state index >= 15 is 0 Å². The average molecular weight is 389 g/mol. The van der Waals surface area contributed by atoms with Gasteiger partial charge in [-0.2, -0.15) is 8.42 Å². The average Bonchev–Trinajstić information content (AvgIpc) is 2.44. The highest BCUT2D eigenvalue weighted by molar-refractivity contribution is 7.85. The normalized spacial score (nSPS) is 14.8. The van der Waals surface area contributed by atoms with E-state index in [0.717, 1.165) is 24.2 Å². The van der Waals surface area contributed by atoms with Gasteiger partial charge < -0.3 is 10.1 Å². The number of ether oxygens (including phenoxy) is 1. The summed E-state index contributed by atoms with van der Waals surface area (Å²) in [5.41, 5.74) is 1.84. The van der Waals surface area contributed by atoms with Crippen molar-refractivity contribution in [1.82, 2.24) is 5.32 Å². The molecule has 1 saturated heterocycles. The summed E-state index contributed by atoms with van der Waals surface area (Å²) >= 11 is 0. The van der Waals surface area contributed by atoms with E-state index in [1.165, 1.54) is 24.3 Å². The van der Waals surface area contributed by atoms with E-state index in [9.17, 15) is 21.6 Å². The Labute approximate surface area is 149 Å². The molecule has 2 aromatic carbocycles. The molecule has 1 fully saturated rings. The molecule has 5 nitrogen and oxygen atoms in total.